The number of thioether (sulfide) groups is 1. The molecule has 2 atom stereocenters. The van der Waals surface area contributed by atoms with Crippen LogP contribution in [-0.4, -0.2) is 45.5 Å². The van der Waals surface area contributed by atoms with Gasteiger partial charge in [0.15, 0.2) is 11.0 Å². The number of nitrogens with zero attached hydrogens (tertiary/aromatic N) is 3. The second-order valence-corrected chi connectivity index (χ2v) is 7.66. The molecule has 2 rings (SSSR count). The molecule has 2 aromatic rings. The third-order valence-corrected chi connectivity index (χ3v) is 5.92. The van der Waals surface area contributed by atoms with Crippen molar-refractivity contribution < 1.29 is 14.3 Å². The second kappa shape index (κ2) is 9.72. The molecule has 26 heavy (non-hydrogen) atoms. The van der Waals surface area contributed by atoms with E-state index in [0.717, 1.165) is 17.1 Å². The van der Waals surface area contributed by atoms with E-state index in [9.17, 15) is 9.59 Å². The summed E-state index contributed by atoms with van der Waals surface area (Å²) in [5.41, 5.74) is 0. The normalized spacial score (nSPS) is 13.2. The van der Waals surface area contributed by atoms with Crippen molar-refractivity contribution >= 4 is 35.0 Å². The number of aromatic nitrogens is 3. The minimum absolute atomic E-state index is 0.00104. The molecule has 0 aliphatic rings. The van der Waals surface area contributed by atoms with Crippen LogP contribution in [0.4, 0.5) is 0 Å². The maximum absolute atomic E-state index is 12.3. The van der Waals surface area contributed by atoms with Crippen LogP contribution in [0.1, 0.15) is 27.2 Å². The fourth-order valence-corrected chi connectivity index (χ4v) is 3.94. The van der Waals surface area contributed by atoms with Gasteiger partial charge in [0.05, 0.1) is 17.7 Å². The largest absolute Gasteiger partial charge is 0.467 e. The van der Waals surface area contributed by atoms with E-state index in [1.807, 2.05) is 42.9 Å². The number of hydrogen-bond donors (Lipinski definition) is 1. The topological polar surface area (TPSA) is 86.1 Å². The Balaban J connectivity index is 2.02. The number of thiophene rings is 1. The summed E-state index contributed by atoms with van der Waals surface area (Å²) in [6.07, 6.45) is 0.765. The van der Waals surface area contributed by atoms with Crippen LogP contribution < -0.4 is 5.32 Å². The molecule has 1 amide bonds. The Morgan fingerprint density at radius 2 is 2.15 bits per heavy atom. The van der Waals surface area contributed by atoms with Crippen LogP contribution in [0.15, 0.2) is 22.7 Å². The molecular formula is C17H24N4O3S2. The van der Waals surface area contributed by atoms with Crippen molar-refractivity contribution in [2.75, 3.05) is 12.9 Å². The third kappa shape index (κ3) is 4.85. The smallest absolute Gasteiger partial charge is 0.328 e. The van der Waals surface area contributed by atoms with Gasteiger partial charge >= 0.3 is 5.97 Å². The number of rotatable bonds is 9. The maximum Gasteiger partial charge on any atom is 0.328 e. The number of methoxy groups -OCH3 is 1. The molecule has 7 nitrogen and oxygen atoms in total. The Labute approximate surface area is 161 Å². The highest BCUT2D eigenvalue weighted by molar-refractivity contribution is 7.99. The number of carbonyl (C=O) groups excluding carboxylic acids is 2. The standard InChI is InChI=1S/C17H24N4O3S2/c1-5-11(3)14(16(23)24-4)18-13(22)10-26-17-20-19-15(21(17)6-2)12-8-7-9-25-12/h7-9,11,14H,5-6,10H2,1-4H3,(H,18,22)/t11-,14-/m1/s1. The second-order valence-electron chi connectivity index (χ2n) is 5.77. The van der Waals surface area contributed by atoms with Crippen molar-refractivity contribution in [2.45, 2.75) is 44.9 Å². The molecule has 142 valence electrons. The van der Waals surface area contributed by atoms with E-state index in [2.05, 4.69) is 15.5 Å². The minimum Gasteiger partial charge on any atom is -0.467 e. The van der Waals surface area contributed by atoms with Crippen LogP contribution in [0, 0.1) is 5.92 Å². The lowest BCUT2D eigenvalue weighted by atomic mass is 9.99. The fourth-order valence-electron chi connectivity index (χ4n) is 2.41. The first-order chi connectivity index (χ1) is 12.5. The molecule has 0 radical (unpaired) electrons. The molecule has 0 saturated heterocycles. The lowest BCUT2D eigenvalue weighted by Crippen LogP contribution is -2.46. The van der Waals surface area contributed by atoms with E-state index in [0.29, 0.717) is 11.7 Å². The summed E-state index contributed by atoms with van der Waals surface area (Å²) >= 11 is 2.91. The van der Waals surface area contributed by atoms with E-state index in [-0.39, 0.29) is 17.6 Å². The molecule has 2 heterocycles. The number of amides is 1. The van der Waals surface area contributed by atoms with Crippen molar-refractivity contribution in [2.24, 2.45) is 5.92 Å². The van der Waals surface area contributed by atoms with Crippen LogP contribution in [0.5, 0.6) is 0 Å². The summed E-state index contributed by atoms with van der Waals surface area (Å²) in [5, 5.41) is 13.9. The van der Waals surface area contributed by atoms with Crippen LogP contribution in [0.2, 0.25) is 0 Å². The van der Waals surface area contributed by atoms with Gasteiger partial charge in [0, 0.05) is 6.54 Å². The highest BCUT2D eigenvalue weighted by Crippen LogP contribution is 2.27. The average Bonchev–Trinajstić information content (AvgIpc) is 3.31. The van der Waals surface area contributed by atoms with Gasteiger partial charge in [-0.05, 0) is 24.3 Å². The van der Waals surface area contributed by atoms with Gasteiger partial charge in [-0.2, -0.15) is 0 Å². The number of carbonyl (C=O) groups is 2. The quantitative estimate of drug-likeness (QED) is 0.518. The van der Waals surface area contributed by atoms with Crippen LogP contribution in [0.25, 0.3) is 10.7 Å². The number of hydrogen-bond acceptors (Lipinski definition) is 7. The van der Waals surface area contributed by atoms with Gasteiger partial charge in [0.25, 0.3) is 0 Å². The monoisotopic (exact) mass is 396 g/mol. The molecular weight excluding hydrogens is 372 g/mol. The van der Waals surface area contributed by atoms with Gasteiger partial charge in [-0.1, -0.05) is 38.1 Å². The predicted octanol–water partition coefficient (Wildman–Crippen LogP) is 2.82. The number of nitrogens with one attached hydrogen (secondary N) is 1. The van der Waals surface area contributed by atoms with Crippen LogP contribution >= 0.6 is 23.1 Å². The molecule has 0 saturated carbocycles. The summed E-state index contributed by atoms with van der Waals surface area (Å²) in [6, 6.07) is 3.33. The van der Waals surface area contributed by atoms with Gasteiger partial charge in [-0.3, -0.25) is 4.79 Å². The molecule has 0 aromatic carbocycles. The Morgan fingerprint density at radius 1 is 1.38 bits per heavy atom. The van der Waals surface area contributed by atoms with Gasteiger partial charge in [0.1, 0.15) is 6.04 Å². The van der Waals surface area contributed by atoms with E-state index >= 15 is 0 Å². The number of esters is 1. The first-order valence-electron chi connectivity index (χ1n) is 8.48. The predicted molar refractivity (Wildman–Crippen MR) is 103 cm³/mol. The molecule has 1 N–H and O–H groups in total. The molecule has 0 bridgehead atoms. The fraction of sp³-hybridized carbons (Fsp3) is 0.529. The van der Waals surface area contributed by atoms with E-state index in [4.69, 9.17) is 4.74 Å². The Morgan fingerprint density at radius 3 is 2.73 bits per heavy atom. The van der Waals surface area contributed by atoms with Crippen molar-refractivity contribution in [3.05, 3.63) is 17.5 Å². The van der Waals surface area contributed by atoms with Crippen molar-refractivity contribution in [3.63, 3.8) is 0 Å². The number of ether oxygens (including phenoxy) is 1. The molecule has 0 unspecified atom stereocenters. The molecule has 2 aromatic heterocycles. The highest BCUT2D eigenvalue weighted by Gasteiger charge is 2.26. The Bertz CT molecular complexity index is 730. The molecule has 0 aliphatic carbocycles. The van der Waals surface area contributed by atoms with Gasteiger partial charge in [-0.15, -0.1) is 21.5 Å². The van der Waals surface area contributed by atoms with E-state index < -0.39 is 12.0 Å². The van der Waals surface area contributed by atoms with Gasteiger partial charge in [-0.25, -0.2) is 4.79 Å². The van der Waals surface area contributed by atoms with E-state index in [1.54, 1.807) is 11.3 Å². The van der Waals surface area contributed by atoms with Crippen molar-refractivity contribution in [1.29, 1.82) is 0 Å². The first kappa shape index (κ1) is 20.4. The molecule has 0 aliphatic heterocycles. The van der Waals surface area contributed by atoms with Crippen molar-refractivity contribution in [1.82, 2.24) is 20.1 Å². The zero-order valence-corrected chi connectivity index (χ0v) is 17.0. The molecule has 0 spiro atoms. The summed E-state index contributed by atoms with van der Waals surface area (Å²) < 4.78 is 6.78. The van der Waals surface area contributed by atoms with Gasteiger partial charge in [0.2, 0.25) is 5.91 Å². The molecule has 9 heteroatoms. The highest BCUT2D eigenvalue weighted by atomic mass is 32.2. The average molecular weight is 397 g/mol. The summed E-state index contributed by atoms with van der Waals surface area (Å²) in [5.74, 6) is 0.314. The molecule has 0 fully saturated rings. The maximum atomic E-state index is 12.3. The van der Waals surface area contributed by atoms with E-state index in [1.165, 1.54) is 18.9 Å². The minimum atomic E-state index is -0.635. The summed E-state index contributed by atoms with van der Waals surface area (Å²) in [6.45, 7) is 6.61. The first-order valence-corrected chi connectivity index (χ1v) is 10.3. The SMILES string of the molecule is CC[C@@H](C)[C@@H](NC(=O)CSc1nnc(-c2cccs2)n1CC)C(=O)OC. The van der Waals surface area contributed by atoms with Gasteiger partial charge < -0.3 is 14.6 Å². The lowest BCUT2D eigenvalue weighted by molar-refractivity contribution is -0.146. The zero-order chi connectivity index (χ0) is 19.1. The Hall–Kier alpha value is -1.87. The zero-order valence-electron chi connectivity index (χ0n) is 15.4. The summed E-state index contributed by atoms with van der Waals surface area (Å²) in [7, 11) is 1.33. The van der Waals surface area contributed by atoms with Crippen molar-refractivity contribution in [3.8, 4) is 10.7 Å². The summed E-state index contributed by atoms with van der Waals surface area (Å²) in [4.78, 5) is 25.2. The Kier molecular flexibility index (Phi) is 7.65. The van der Waals surface area contributed by atoms with Crippen LogP contribution in [0.3, 0.4) is 0 Å². The lowest BCUT2D eigenvalue weighted by Gasteiger charge is -2.21. The third-order valence-electron chi connectivity index (χ3n) is 4.09. The van der Waals surface area contributed by atoms with Crippen LogP contribution in [-0.2, 0) is 20.9 Å².